The first-order valence-electron chi connectivity index (χ1n) is 32.4. The number of nitrogens with one attached hydrogen (secondary N) is 2. The number of likely N-dealkylation sites (N-methyl/N-ethyl adjacent to an activating group) is 2. The molecule has 2 bridgehead atoms. The fourth-order valence-corrected chi connectivity index (χ4v) is 14.7. The van der Waals surface area contributed by atoms with E-state index in [0.29, 0.717) is 44.3 Å². The maximum absolute atomic E-state index is 14.0. The maximum Gasteiger partial charge on any atom is 0.308 e. The molecule has 4 fully saturated rings. The lowest BCUT2D eigenvalue weighted by molar-refractivity contribution is -0.343. The molecule has 504 valence electrons. The lowest BCUT2D eigenvalue weighted by atomic mass is 9.82. The molecule has 2 aromatic rings. The highest BCUT2D eigenvalue weighted by atomic mass is 32.1. The first-order valence-corrected chi connectivity index (χ1v) is 36.3. The zero-order valence-corrected chi connectivity index (χ0v) is 57.9. The quantitative estimate of drug-likeness (QED) is 0.0644. The predicted octanol–water partition coefficient (Wildman–Crippen LogP) is 7.95. The number of esters is 2. The number of aromatic nitrogens is 3. The SMILES string of the molecule is CN[C@H]1CC[C@H](O[C@H]2/C=C\C=C/C[C@@H](C)OC(=O)C[C@H]3OC(O[Si](C)(C)C(C)(C)C)C[C@@H](C[C@H]2C)[C@H](O[C@@H]2O[C@H](C)[C@@H](O[C@H]4C[C@@](C)(O)[C@@H](OC(=O)CCCc5cn(C(C(=O)NCCc6ccsc6)C(C)C)nn5)[C@H](C)O4)[C@H](N(C)C)[C@H]2O)[C@H]3OC)O[C@@H]1C. The van der Waals surface area contributed by atoms with Crippen LogP contribution in [0.5, 0.6) is 0 Å². The van der Waals surface area contributed by atoms with Gasteiger partial charge in [0.15, 0.2) is 33.3 Å². The first kappa shape index (κ1) is 72.8. The van der Waals surface area contributed by atoms with Gasteiger partial charge in [0, 0.05) is 51.6 Å². The van der Waals surface area contributed by atoms with E-state index in [4.69, 9.17) is 51.8 Å². The van der Waals surface area contributed by atoms with Gasteiger partial charge in [-0.3, -0.25) is 14.4 Å². The Hall–Kier alpha value is -3.57. The molecule has 2 unspecified atom stereocenters. The Morgan fingerprint density at radius 3 is 2.34 bits per heavy atom. The molecule has 21 atom stereocenters. The Balaban J connectivity index is 1.05. The van der Waals surface area contributed by atoms with Crippen molar-refractivity contribution in [1.82, 2.24) is 30.5 Å². The van der Waals surface area contributed by atoms with E-state index >= 15 is 0 Å². The Morgan fingerprint density at radius 2 is 1.69 bits per heavy atom. The standard InChI is InChI=1S/C65H108N6O16SSi/c1-38(2)55(62(75)67-30-28-44-29-31-88-37-44)71-36-46(68-69-71)23-21-25-50(72)84-61-43(7)80-54(35-65(61,11)76)85-58-42(6)81-63(57(74)56(58)70(13)14)86-59-45-32-39(3)48(82-52-27-26-47(66-12)41(5)79-52)24-20-18-19-22-40(4)78-51(73)34-49(60(59)77-15)83-53(33-45)87-89(16,17)64(8,9)10/h18-20,24,29,31,36-43,45,47-49,52-61,63,66,74,76H,21-23,25-28,30,32-35H2,1-17H3,(H,67,75)/b19-18-,24-20-/t39-,40-,41-,42-,43+,45-,47+,48+,49-,52+,53?,54+,55?,56-,57-,58-,59+,60+,61+,63+,65-/m1/s1. The van der Waals surface area contributed by atoms with Crippen molar-refractivity contribution in [2.75, 3.05) is 34.8 Å². The topological polar surface area (TPSA) is 251 Å². The average molecular weight is 1290 g/mol. The summed E-state index contributed by atoms with van der Waals surface area (Å²) in [6, 6.07) is 0.981. The van der Waals surface area contributed by atoms with Crippen LogP contribution >= 0.6 is 11.3 Å². The minimum atomic E-state index is -2.51. The Bertz CT molecular complexity index is 2580. The number of aliphatic hydroxyl groups is 2. The van der Waals surface area contributed by atoms with E-state index in [2.05, 4.69) is 80.1 Å². The van der Waals surface area contributed by atoms with Crippen LogP contribution in [0.25, 0.3) is 0 Å². The molecule has 4 saturated heterocycles. The van der Waals surface area contributed by atoms with Gasteiger partial charge in [0.2, 0.25) is 5.91 Å². The number of fused-ring (bicyclic) bond motifs is 3. The lowest BCUT2D eigenvalue weighted by Crippen LogP contribution is -2.65. The number of thiophene rings is 1. The normalized spacial score (nSPS) is 36.5. The summed E-state index contributed by atoms with van der Waals surface area (Å²) in [5.74, 6) is -1.65. The number of aryl methyl sites for hydroxylation is 1. The Kier molecular flexibility index (Phi) is 26.6. The van der Waals surface area contributed by atoms with E-state index in [9.17, 15) is 24.6 Å². The molecule has 1 amide bonds. The fraction of sp³-hybridized carbons (Fsp3) is 0.800. The van der Waals surface area contributed by atoms with Crippen molar-refractivity contribution in [2.24, 2.45) is 17.8 Å². The molecule has 4 N–H and O–H groups in total. The summed E-state index contributed by atoms with van der Waals surface area (Å²) in [6.45, 7) is 26.6. The number of amides is 1. The summed E-state index contributed by atoms with van der Waals surface area (Å²) >= 11 is 1.63. The highest BCUT2D eigenvalue weighted by Crippen LogP contribution is 2.44. The second-order valence-electron chi connectivity index (χ2n) is 27.8. The molecule has 0 spiro atoms. The van der Waals surface area contributed by atoms with Crippen molar-refractivity contribution < 1.29 is 76.4 Å². The van der Waals surface area contributed by atoms with Crippen LogP contribution in [-0.4, -0.2) is 201 Å². The van der Waals surface area contributed by atoms with Crippen LogP contribution < -0.4 is 10.6 Å². The summed E-state index contributed by atoms with van der Waals surface area (Å²) < 4.78 is 74.6. The Morgan fingerprint density at radius 1 is 0.944 bits per heavy atom. The van der Waals surface area contributed by atoms with E-state index in [1.54, 1.807) is 43.2 Å². The molecule has 0 aromatic carbocycles. The van der Waals surface area contributed by atoms with Gasteiger partial charge in [0.05, 0.1) is 54.8 Å². The first-order chi connectivity index (χ1) is 42.0. The van der Waals surface area contributed by atoms with Crippen molar-refractivity contribution in [1.29, 1.82) is 0 Å². The predicted molar refractivity (Wildman–Crippen MR) is 339 cm³/mol. The number of methoxy groups -OCH3 is 1. The third-order valence-electron chi connectivity index (χ3n) is 18.8. The summed E-state index contributed by atoms with van der Waals surface area (Å²) in [6.07, 6.45) is 2.55. The van der Waals surface area contributed by atoms with Crippen LogP contribution in [0.2, 0.25) is 18.1 Å². The molecular weight excluding hydrogens is 1180 g/mol. The van der Waals surface area contributed by atoms with Crippen molar-refractivity contribution in [3.8, 4) is 0 Å². The average Bonchev–Trinajstić information content (AvgIpc) is 1.88. The van der Waals surface area contributed by atoms with Crippen molar-refractivity contribution in [3.63, 3.8) is 0 Å². The zero-order chi connectivity index (χ0) is 65.1. The number of hydrogen-bond donors (Lipinski definition) is 4. The number of aliphatic hydroxyl groups excluding tert-OH is 1. The van der Waals surface area contributed by atoms with Gasteiger partial charge in [-0.1, -0.05) is 71.1 Å². The zero-order valence-electron chi connectivity index (χ0n) is 56.0. The summed E-state index contributed by atoms with van der Waals surface area (Å²) in [7, 11) is 4.70. The van der Waals surface area contributed by atoms with E-state index in [1.807, 2.05) is 83.4 Å². The van der Waals surface area contributed by atoms with E-state index < -0.39 is 124 Å². The maximum atomic E-state index is 14.0. The van der Waals surface area contributed by atoms with Crippen LogP contribution in [0.15, 0.2) is 47.3 Å². The van der Waals surface area contributed by atoms with Gasteiger partial charge >= 0.3 is 11.9 Å². The molecule has 0 aliphatic carbocycles. The number of allylic oxidation sites excluding steroid dienone is 2. The number of ether oxygens (including phenoxy) is 10. The summed E-state index contributed by atoms with van der Waals surface area (Å²) in [5, 5.41) is 43.6. The summed E-state index contributed by atoms with van der Waals surface area (Å²) in [4.78, 5) is 42.6. The van der Waals surface area contributed by atoms with E-state index in [1.165, 1.54) is 5.56 Å². The molecule has 24 heteroatoms. The van der Waals surface area contributed by atoms with Gasteiger partial charge in [0.1, 0.15) is 42.3 Å². The van der Waals surface area contributed by atoms with E-state index in [-0.39, 0.29) is 60.1 Å². The smallest absolute Gasteiger partial charge is 0.308 e. The van der Waals surface area contributed by atoms with Crippen molar-refractivity contribution >= 4 is 37.5 Å². The van der Waals surface area contributed by atoms with Crippen LogP contribution in [-0.2, 0) is 79.0 Å². The highest BCUT2D eigenvalue weighted by Gasteiger charge is 2.54. The van der Waals surface area contributed by atoms with Gasteiger partial charge in [-0.2, -0.15) is 11.3 Å². The largest absolute Gasteiger partial charge is 0.462 e. The van der Waals surface area contributed by atoms with Crippen LogP contribution in [0.1, 0.15) is 151 Å². The van der Waals surface area contributed by atoms with Crippen LogP contribution in [0.4, 0.5) is 0 Å². The van der Waals surface area contributed by atoms with Gasteiger partial charge in [-0.15, -0.1) is 5.10 Å². The minimum Gasteiger partial charge on any atom is -0.462 e. The molecule has 5 aliphatic rings. The number of carbonyl (C=O) groups excluding carboxylic acids is 3. The fourth-order valence-electron chi connectivity index (χ4n) is 12.9. The molecule has 0 radical (unpaired) electrons. The highest BCUT2D eigenvalue weighted by molar-refractivity contribution is 7.07. The lowest BCUT2D eigenvalue weighted by Gasteiger charge is -2.50. The molecule has 2 aromatic heterocycles. The van der Waals surface area contributed by atoms with Gasteiger partial charge < -0.3 is 77.5 Å². The number of rotatable bonds is 22. The van der Waals surface area contributed by atoms with Gasteiger partial charge in [0.25, 0.3) is 0 Å². The third-order valence-corrected chi connectivity index (χ3v) is 24.0. The van der Waals surface area contributed by atoms with Gasteiger partial charge in [-0.25, -0.2) is 4.68 Å². The van der Waals surface area contributed by atoms with Crippen molar-refractivity contribution in [3.05, 3.63) is 58.6 Å². The minimum absolute atomic E-state index is 0.0407. The second-order valence-corrected chi connectivity index (χ2v) is 33.3. The monoisotopic (exact) mass is 1290 g/mol. The van der Waals surface area contributed by atoms with Crippen LogP contribution in [0.3, 0.4) is 0 Å². The van der Waals surface area contributed by atoms with E-state index in [0.717, 1.165) is 19.3 Å². The molecule has 22 nitrogen and oxygen atoms in total. The second kappa shape index (κ2) is 32.5. The molecule has 5 aliphatic heterocycles. The summed E-state index contributed by atoms with van der Waals surface area (Å²) in [5.41, 5.74) is 0.236. The molecule has 89 heavy (non-hydrogen) atoms. The van der Waals surface area contributed by atoms with Crippen molar-refractivity contribution in [2.45, 2.75) is 281 Å². The molecular formula is C65H108N6O16SSi. The molecule has 7 heterocycles. The number of hydrogen-bond acceptors (Lipinski definition) is 21. The van der Waals surface area contributed by atoms with Gasteiger partial charge in [-0.05, 0) is 153 Å². The number of nitrogens with zero attached hydrogens (tertiary/aromatic N) is 4. The molecule has 7 rings (SSSR count). The number of carbonyl (C=O) groups is 3. The number of cyclic esters (lactones) is 1. The van der Waals surface area contributed by atoms with Crippen LogP contribution in [0, 0.1) is 17.8 Å². The Labute approximate surface area is 534 Å². The molecule has 0 saturated carbocycles. The third kappa shape index (κ3) is 19.7.